The number of rotatable bonds is 1. The highest BCUT2D eigenvalue weighted by atomic mass is 16.2. The molecule has 0 saturated heterocycles. The summed E-state index contributed by atoms with van der Waals surface area (Å²) in [6, 6.07) is 5.85. The van der Waals surface area contributed by atoms with Gasteiger partial charge >= 0.3 is 0 Å². The molecule has 21 heavy (non-hydrogen) atoms. The van der Waals surface area contributed by atoms with Crippen LogP contribution in [0, 0.1) is 6.92 Å². The summed E-state index contributed by atoms with van der Waals surface area (Å²) in [5.41, 5.74) is 3.26. The number of aromatic nitrogens is 2. The van der Waals surface area contributed by atoms with Crippen molar-refractivity contribution in [2.75, 3.05) is 36.3 Å². The van der Waals surface area contributed by atoms with Crippen molar-refractivity contribution >= 4 is 29.0 Å². The van der Waals surface area contributed by atoms with E-state index in [9.17, 15) is 4.79 Å². The fraction of sp³-hybridized carbons (Fsp3) is 0.267. The third kappa shape index (κ3) is 1.99. The number of amides is 1. The average molecular weight is 283 g/mol. The Morgan fingerprint density at radius 1 is 1.14 bits per heavy atom. The van der Waals surface area contributed by atoms with Gasteiger partial charge in [0.15, 0.2) is 5.82 Å². The van der Waals surface area contributed by atoms with Gasteiger partial charge < -0.3 is 15.1 Å². The van der Waals surface area contributed by atoms with E-state index in [4.69, 9.17) is 0 Å². The summed E-state index contributed by atoms with van der Waals surface area (Å²) in [5, 5.41) is 2.92. The molecule has 0 bridgehead atoms. The van der Waals surface area contributed by atoms with Gasteiger partial charge in [0, 0.05) is 21.1 Å². The second kappa shape index (κ2) is 4.73. The summed E-state index contributed by atoms with van der Waals surface area (Å²) in [4.78, 5) is 24.9. The van der Waals surface area contributed by atoms with Crippen molar-refractivity contribution in [3.63, 3.8) is 0 Å². The summed E-state index contributed by atoms with van der Waals surface area (Å²) in [7, 11) is 5.42. The Balaban J connectivity index is 2.27. The molecule has 0 saturated carbocycles. The van der Waals surface area contributed by atoms with Gasteiger partial charge in [-0.15, -0.1) is 0 Å². The lowest BCUT2D eigenvalue weighted by atomic mass is 10.1. The van der Waals surface area contributed by atoms with Gasteiger partial charge in [-0.05, 0) is 19.1 Å². The fourth-order valence-electron chi connectivity index (χ4n) is 2.49. The van der Waals surface area contributed by atoms with Gasteiger partial charge in [0.25, 0.3) is 5.91 Å². The monoisotopic (exact) mass is 283 g/mol. The quantitative estimate of drug-likeness (QED) is 0.869. The predicted octanol–water partition coefficient (Wildman–Crippen LogP) is 2.18. The first-order valence-corrected chi connectivity index (χ1v) is 6.70. The standard InChI is InChI=1S/C15H17N5O/c1-9-5-6-11-10(7-9)14(21)20(4)12-8-17-15(16-2)18-13(12)19(11)3/h5-8H,1-4H3,(H,16,17,18). The topological polar surface area (TPSA) is 61.4 Å². The maximum absolute atomic E-state index is 12.7. The molecule has 0 spiro atoms. The van der Waals surface area contributed by atoms with Crippen LogP contribution in [0.2, 0.25) is 0 Å². The van der Waals surface area contributed by atoms with Crippen LogP contribution in [-0.4, -0.2) is 37.0 Å². The number of anilines is 4. The molecule has 6 heteroatoms. The van der Waals surface area contributed by atoms with Gasteiger partial charge in [-0.3, -0.25) is 4.79 Å². The largest absolute Gasteiger partial charge is 0.357 e. The first-order chi connectivity index (χ1) is 10.0. The van der Waals surface area contributed by atoms with E-state index in [1.165, 1.54) is 0 Å². The SMILES string of the molecule is CNc1ncc2c(n1)N(C)c1ccc(C)cc1C(=O)N2C. The van der Waals surface area contributed by atoms with E-state index in [1.807, 2.05) is 37.1 Å². The van der Waals surface area contributed by atoms with E-state index in [2.05, 4.69) is 15.3 Å². The van der Waals surface area contributed by atoms with E-state index < -0.39 is 0 Å². The van der Waals surface area contributed by atoms with Gasteiger partial charge in [-0.25, -0.2) is 4.98 Å². The van der Waals surface area contributed by atoms with Crippen LogP contribution in [0.1, 0.15) is 15.9 Å². The van der Waals surface area contributed by atoms with Crippen molar-refractivity contribution in [2.24, 2.45) is 0 Å². The zero-order valence-corrected chi connectivity index (χ0v) is 12.5. The van der Waals surface area contributed by atoms with Crippen LogP contribution in [0.25, 0.3) is 0 Å². The summed E-state index contributed by atoms with van der Waals surface area (Å²) in [5.74, 6) is 1.17. The summed E-state index contributed by atoms with van der Waals surface area (Å²) in [6.07, 6.45) is 1.67. The van der Waals surface area contributed by atoms with Crippen molar-refractivity contribution in [1.29, 1.82) is 0 Å². The predicted molar refractivity (Wildman–Crippen MR) is 83.6 cm³/mol. The molecule has 2 heterocycles. The Labute approximate surface area is 123 Å². The van der Waals surface area contributed by atoms with Gasteiger partial charge in [0.05, 0.1) is 17.4 Å². The highest BCUT2D eigenvalue weighted by Gasteiger charge is 2.28. The second-order valence-electron chi connectivity index (χ2n) is 5.10. The van der Waals surface area contributed by atoms with Gasteiger partial charge in [-0.2, -0.15) is 4.98 Å². The second-order valence-corrected chi connectivity index (χ2v) is 5.10. The number of nitrogens with zero attached hydrogens (tertiary/aromatic N) is 4. The molecule has 0 radical (unpaired) electrons. The molecule has 1 aromatic heterocycles. The smallest absolute Gasteiger partial charge is 0.260 e. The lowest BCUT2D eigenvalue weighted by Crippen LogP contribution is -2.25. The molecule has 6 nitrogen and oxygen atoms in total. The van der Waals surface area contributed by atoms with E-state index in [1.54, 1.807) is 25.2 Å². The van der Waals surface area contributed by atoms with Crippen LogP contribution in [0.4, 0.5) is 23.1 Å². The molecule has 0 fully saturated rings. The van der Waals surface area contributed by atoms with Crippen LogP contribution in [-0.2, 0) is 0 Å². The van der Waals surface area contributed by atoms with Crippen LogP contribution in [0.5, 0.6) is 0 Å². The minimum Gasteiger partial charge on any atom is -0.357 e. The zero-order valence-electron chi connectivity index (χ0n) is 12.5. The molecule has 1 N–H and O–H groups in total. The Morgan fingerprint density at radius 2 is 1.90 bits per heavy atom. The third-order valence-corrected chi connectivity index (χ3v) is 3.70. The average Bonchev–Trinajstić information content (AvgIpc) is 2.58. The summed E-state index contributed by atoms with van der Waals surface area (Å²) >= 11 is 0. The van der Waals surface area contributed by atoms with E-state index in [-0.39, 0.29) is 5.91 Å². The Kier molecular flexibility index (Phi) is 3.01. The van der Waals surface area contributed by atoms with Crippen molar-refractivity contribution in [1.82, 2.24) is 9.97 Å². The molecule has 1 aliphatic heterocycles. The lowest BCUT2D eigenvalue weighted by Gasteiger charge is -2.21. The van der Waals surface area contributed by atoms with Gasteiger partial charge in [0.1, 0.15) is 5.69 Å². The van der Waals surface area contributed by atoms with E-state index in [0.717, 1.165) is 11.3 Å². The zero-order chi connectivity index (χ0) is 15.1. The van der Waals surface area contributed by atoms with Crippen LogP contribution in [0.15, 0.2) is 24.4 Å². The molecule has 1 amide bonds. The van der Waals surface area contributed by atoms with Crippen molar-refractivity contribution in [3.05, 3.63) is 35.5 Å². The van der Waals surface area contributed by atoms with E-state index >= 15 is 0 Å². The van der Waals surface area contributed by atoms with Crippen molar-refractivity contribution in [3.8, 4) is 0 Å². The number of carbonyl (C=O) groups excluding carboxylic acids is 1. The highest BCUT2D eigenvalue weighted by molar-refractivity contribution is 6.13. The lowest BCUT2D eigenvalue weighted by molar-refractivity contribution is 0.0994. The van der Waals surface area contributed by atoms with Crippen LogP contribution < -0.4 is 15.1 Å². The van der Waals surface area contributed by atoms with Crippen molar-refractivity contribution < 1.29 is 4.79 Å². The molecular formula is C15H17N5O. The Hall–Kier alpha value is -2.63. The number of hydrogen-bond acceptors (Lipinski definition) is 5. The molecule has 2 aromatic rings. The maximum atomic E-state index is 12.7. The van der Waals surface area contributed by atoms with Gasteiger partial charge in [-0.1, -0.05) is 11.6 Å². The molecule has 1 aromatic carbocycles. The number of carbonyl (C=O) groups is 1. The maximum Gasteiger partial charge on any atom is 0.260 e. The number of aryl methyl sites for hydroxylation is 1. The number of nitrogens with one attached hydrogen (secondary N) is 1. The number of hydrogen-bond donors (Lipinski definition) is 1. The minimum atomic E-state index is -0.0555. The summed E-state index contributed by atoms with van der Waals surface area (Å²) in [6.45, 7) is 1.98. The molecule has 3 rings (SSSR count). The normalized spacial score (nSPS) is 13.6. The van der Waals surface area contributed by atoms with Crippen LogP contribution in [0.3, 0.4) is 0 Å². The summed E-state index contributed by atoms with van der Waals surface area (Å²) < 4.78 is 0. The molecule has 108 valence electrons. The van der Waals surface area contributed by atoms with Gasteiger partial charge in [0.2, 0.25) is 5.95 Å². The number of fused-ring (bicyclic) bond motifs is 2. The molecule has 1 aliphatic rings. The van der Waals surface area contributed by atoms with Crippen LogP contribution >= 0.6 is 0 Å². The highest BCUT2D eigenvalue weighted by Crippen LogP contribution is 2.37. The van der Waals surface area contributed by atoms with E-state index in [0.29, 0.717) is 23.0 Å². The fourth-order valence-corrected chi connectivity index (χ4v) is 2.49. The molecular weight excluding hydrogens is 266 g/mol. The Bertz CT molecular complexity index is 728. The molecule has 0 unspecified atom stereocenters. The first kappa shape index (κ1) is 13.4. The number of benzene rings is 1. The third-order valence-electron chi connectivity index (χ3n) is 3.70. The molecule has 0 aliphatic carbocycles. The first-order valence-electron chi connectivity index (χ1n) is 6.70. The Morgan fingerprint density at radius 3 is 2.62 bits per heavy atom. The van der Waals surface area contributed by atoms with Crippen molar-refractivity contribution in [2.45, 2.75) is 6.92 Å². The minimum absolute atomic E-state index is 0.0555. The molecule has 0 atom stereocenters.